The highest BCUT2D eigenvalue weighted by Crippen LogP contribution is 2.35. The van der Waals surface area contributed by atoms with Crippen molar-refractivity contribution in [1.82, 2.24) is 9.97 Å². The molecule has 166 valence electrons. The second kappa shape index (κ2) is 8.09. The number of aromatic amines is 2. The average Bonchev–Trinajstić information content (AvgIpc) is 3.44. The molecule has 2 aliphatic rings. The largest absolute Gasteiger partial charge is 0.358 e. The maximum absolute atomic E-state index is 4.58. The molecule has 4 heterocycles. The van der Waals surface area contributed by atoms with Crippen molar-refractivity contribution in [3.63, 3.8) is 0 Å². The quantitative estimate of drug-likeness (QED) is 0.517. The van der Waals surface area contributed by atoms with Gasteiger partial charge in [-0.05, 0) is 112 Å². The monoisotopic (exact) mass is 426 g/mol. The van der Waals surface area contributed by atoms with Crippen LogP contribution in [0.4, 0.5) is 0 Å². The smallest absolute Gasteiger partial charge is 0.0682 e. The fourth-order valence-corrected chi connectivity index (χ4v) is 4.46. The lowest BCUT2D eigenvalue weighted by Gasteiger charge is -2.12. The number of nitrogens with one attached hydrogen (secondary N) is 2. The van der Waals surface area contributed by atoms with Crippen LogP contribution in [0.2, 0.25) is 0 Å². The highest BCUT2D eigenvalue weighted by Gasteiger charge is 2.22. The van der Waals surface area contributed by atoms with E-state index in [4.69, 9.17) is 0 Å². The summed E-state index contributed by atoms with van der Waals surface area (Å²) >= 11 is 0. The molecule has 0 bridgehead atoms. The van der Waals surface area contributed by atoms with Gasteiger partial charge in [-0.25, -0.2) is 0 Å². The Labute approximate surface area is 191 Å². The van der Waals surface area contributed by atoms with Gasteiger partial charge in [0.1, 0.15) is 0 Å². The predicted octanol–water partition coefficient (Wildman–Crippen LogP) is 7.25. The second-order valence-electron chi connectivity index (χ2n) is 9.32. The molecule has 0 spiro atoms. The number of hydrogen-bond acceptors (Lipinski definition) is 2. The molecule has 2 aromatic rings. The van der Waals surface area contributed by atoms with E-state index in [1.165, 1.54) is 55.9 Å². The van der Waals surface area contributed by atoms with Crippen LogP contribution in [0.5, 0.6) is 0 Å². The van der Waals surface area contributed by atoms with Crippen LogP contribution in [0, 0.1) is 27.7 Å². The Morgan fingerprint density at radius 2 is 1.00 bits per heavy atom. The lowest BCUT2D eigenvalue weighted by Crippen LogP contribution is -2.01. The van der Waals surface area contributed by atoms with Crippen molar-refractivity contribution in [1.29, 1.82) is 0 Å². The van der Waals surface area contributed by atoms with Gasteiger partial charge in [-0.3, -0.25) is 9.98 Å². The fourth-order valence-electron chi connectivity index (χ4n) is 4.46. The number of hydrogen-bond donors (Lipinski definition) is 2. The molecule has 0 amide bonds. The fraction of sp³-hybridized carbons (Fsp3) is 0.357. The van der Waals surface area contributed by atoms with Crippen molar-refractivity contribution >= 4 is 24.6 Å². The van der Waals surface area contributed by atoms with E-state index in [-0.39, 0.29) is 5.92 Å². The SMILES string of the molecule is CC1=C(C)/C(=C\c2[nH]c(C(C)c3[nH]c(/C=C4/N=CC(C)=C4C)c(C)c3C)c(C)c2C)N=C1. The maximum atomic E-state index is 4.58. The summed E-state index contributed by atoms with van der Waals surface area (Å²) in [5.41, 5.74) is 17.0. The average molecular weight is 427 g/mol. The predicted molar refractivity (Wildman–Crippen MR) is 138 cm³/mol. The first-order chi connectivity index (χ1) is 15.1. The van der Waals surface area contributed by atoms with Crippen LogP contribution >= 0.6 is 0 Å². The Morgan fingerprint density at radius 3 is 1.31 bits per heavy atom. The zero-order valence-corrected chi connectivity index (χ0v) is 20.8. The van der Waals surface area contributed by atoms with Crippen LogP contribution in [0.1, 0.15) is 85.6 Å². The lowest BCUT2D eigenvalue weighted by molar-refractivity contribution is 0.832. The third-order valence-electron chi connectivity index (χ3n) is 7.45. The molecule has 4 heteroatoms. The van der Waals surface area contributed by atoms with Crippen molar-refractivity contribution in [2.45, 2.75) is 68.2 Å². The number of aliphatic imine (C=N–C) groups is 2. The first kappa shape index (κ1) is 22.1. The Hall–Kier alpha value is -3.14. The van der Waals surface area contributed by atoms with Gasteiger partial charge in [0.25, 0.3) is 0 Å². The highest BCUT2D eigenvalue weighted by atomic mass is 14.8. The standard InChI is InChI=1S/C28H34N4/c1-14-12-29-23(16(14)3)10-25-18(5)20(7)27(31-25)22(9)28-21(8)19(6)26(32-28)11-24-17(4)15(2)13-30-24/h10-13,22,31-32H,1-9H3/b23-10+,24-11+. The van der Waals surface area contributed by atoms with Crippen LogP contribution in [0.15, 0.2) is 43.7 Å². The van der Waals surface area contributed by atoms with Crippen molar-refractivity contribution < 1.29 is 0 Å². The summed E-state index contributed by atoms with van der Waals surface area (Å²) < 4.78 is 0. The van der Waals surface area contributed by atoms with E-state index in [0.29, 0.717) is 0 Å². The van der Waals surface area contributed by atoms with E-state index in [1.54, 1.807) is 0 Å². The minimum absolute atomic E-state index is 0.225. The summed E-state index contributed by atoms with van der Waals surface area (Å²) in [5.74, 6) is 0.225. The minimum Gasteiger partial charge on any atom is -0.358 e. The Balaban J connectivity index is 1.71. The van der Waals surface area contributed by atoms with Crippen LogP contribution in [-0.2, 0) is 0 Å². The van der Waals surface area contributed by atoms with Gasteiger partial charge in [0, 0.05) is 41.1 Å². The summed E-state index contributed by atoms with van der Waals surface area (Å²) in [5, 5.41) is 0. The molecule has 0 fully saturated rings. The molecule has 0 radical (unpaired) electrons. The number of rotatable bonds is 4. The van der Waals surface area contributed by atoms with Gasteiger partial charge in [-0.2, -0.15) is 0 Å². The molecule has 2 aromatic heterocycles. The summed E-state index contributed by atoms with van der Waals surface area (Å²) in [4.78, 5) is 16.6. The molecule has 0 saturated carbocycles. The normalized spacial score (nSPS) is 19.5. The van der Waals surface area contributed by atoms with E-state index < -0.39 is 0 Å². The molecule has 0 unspecified atom stereocenters. The first-order valence-electron chi connectivity index (χ1n) is 11.4. The molecule has 0 atom stereocenters. The molecule has 2 N–H and O–H groups in total. The van der Waals surface area contributed by atoms with Gasteiger partial charge < -0.3 is 9.97 Å². The Morgan fingerprint density at radius 1 is 0.625 bits per heavy atom. The molecule has 4 rings (SSSR count). The molecular weight excluding hydrogens is 392 g/mol. The second-order valence-corrected chi connectivity index (χ2v) is 9.32. The minimum atomic E-state index is 0.225. The molecule has 0 saturated heterocycles. The summed E-state index contributed by atoms with van der Waals surface area (Å²) in [6.45, 7) is 19.6. The molecular formula is C28H34N4. The van der Waals surface area contributed by atoms with E-state index >= 15 is 0 Å². The van der Waals surface area contributed by atoms with Crippen molar-refractivity contribution in [2.24, 2.45) is 9.98 Å². The van der Waals surface area contributed by atoms with Crippen molar-refractivity contribution in [3.8, 4) is 0 Å². The molecule has 0 aliphatic carbocycles. The summed E-state index contributed by atoms with van der Waals surface area (Å²) in [6.07, 6.45) is 8.26. The van der Waals surface area contributed by atoms with E-state index in [2.05, 4.69) is 94.4 Å². The van der Waals surface area contributed by atoms with Gasteiger partial charge >= 0.3 is 0 Å². The third-order valence-corrected chi connectivity index (χ3v) is 7.45. The number of nitrogens with zero attached hydrogens (tertiary/aromatic N) is 2. The van der Waals surface area contributed by atoms with Crippen LogP contribution in [0.25, 0.3) is 12.2 Å². The molecule has 0 aromatic carbocycles. The number of H-pyrrole nitrogens is 2. The number of allylic oxidation sites excluding steroid dienone is 4. The Bertz CT molecular complexity index is 1200. The zero-order valence-electron chi connectivity index (χ0n) is 20.8. The van der Waals surface area contributed by atoms with Crippen molar-refractivity contribution in [2.75, 3.05) is 0 Å². The summed E-state index contributed by atoms with van der Waals surface area (Å²) in [7, 11) is 0. The van der Waals surface area contributed by atoms with Crippen LogP contribution in [-0.4, -0.2) is 22.4 Å². The zero-order chi connectivity index (χ0) is 23.3. The van der Waals surface area contributed by atoms with E-state index in [0.717, 1.165) is 22.8 Å². The molecule has 4 nitrogen and oxygen atoms in total. The van der Waals surface area contributed by atoms with E-state index in [1.807, 2.05) is 12.4 Å². The maximum Gasteiger partial charge on any atom is 0.0682 e. The molecule has 32 heavy (non-hydrogen) atoms. The highest BCUT2D eigenvalue weighted by molar-refractivity contribution is 5.88. The van der Waals surface area contributed by atoms with Crippen molar-refractivity contribution in [3.05, 3.63) is 78.7 Å². The van der Waals surface area contributed by atoms with E-state index in [9.17, 15) is 0 Å². The Kier molecular flexibility index (Phi) is 5.58. The summed E-state index contributed by atoms with van der Waals surface area (Å²) in [6, 6.07) is 0. The first-order valence-corrected chi connectivity index (χ1v) is 11.4. The van der Waals surface area contributed by atoms with Gasteiger partial charge in [-0.15, -0.1) is 0 Å². The van der Waals surface area contributed by atoms with Crippen LogP contribution in [0.3, 0.4) is 0 Å². The van der Waals surface area contributed by atoms with Gasteiger partial charge in [0.05, 0.1) is 11.4 Å². The molecule has 2 aliphatic heterocycles. The topological polar surface area (TPSA) is 56.3 Å². The number of aromatic nitrogens is 2. The third kappa shape index (κ3) is 3.58. The van der Waals surface area contributed by atoms with Gasteiger partial charge in [0.15, 0.2) is 0 Å². The van der Waals surface area contributed by atoms with Crippen LogP contribution < -0.4 is 0 Å². The van der Waals surface area contributed by atoms with Gasteiger partial charge in [0.2, 0.25) is 0 Å². The van der Waals surface area contributed by atoms with Gasteiger partial charge in [-0.1, -0.05) is 6.92 Å². The lowest BCUT2D eigenvalue weighted by atomic mass is 9.96.